The number of amides is 1. The molecule has 1 atom stereocenters. The maximum Gasteiger partial charge on any atom is 0.252 e. The van der Waals surface area contributed by atoms with Crippen molar-refractivity contribution >= 4 is 29.1 Å². The third kappa shape index (κ3) is 4.57. The lowest BCUT2D eigenvalue weighted by atomic mass is 10.1. The second-order valence-corrected chi connectivity index (χ2v) is 5.06. The quantitative estimate of drug-likeness (QED) is 0.816. The second-order valence-electron chi connectivity index (χ2n) is 4.28. The van der Waals surface area contributed by atoms with Crippen LogP contribution >= 0.6 is 23.2 Å². The van der Waals surface area contributed by atoms with Crippen molar-refractivity contribution in [3.05, 3.63) is 34.3 Å². The number of alkyl halides is 1. The molecule has 1 amide bonds. The molecule has 0 aliphatic carbocycles. The molecule has 1 N–H and O–H groups in total. The summed E-state index contributed by atoms with van der Waals surface area (Å²) >= 11 is 11.7. The van der Waals surface area contributed by atoms with E-state index >= 15 is 0 Å². The summed E-state index contributed by atoms with van der Waals surface area (Å²) in [5.74, 6) is 0.861. The van der Waals surface area contributed by atoms with Gasteiger partial charge < -0.3 is 5.32 Å². The van der Waals surface area contributed by atoms with E-state index in [1.54, 1.807) is 12.1 Å². The zero-order valence-electron chi connectivity index (χ0n) is 10.1. The van der Waals surface area contributed by atoms with Gasteiger partial charge in [-0.1, -0.05) is 24.6 Å². The highest BCUT2D eigenvalue weighted by Crippen LogP contribution is 2.17. The monoisotopic (exact) mass is 273 g/mol. The van der Waals surface area contributed by atoms with Gasteiger partial charge in [0.15, 0.2) is 0 Å². The summed E-state index contributed by atoms with van der Waals surface area (Å²) in [6, 6.07) is 5.42. The highest BCUT2D eigenvalue weighted by Gasteiger charge is 2.11. The average Bonchev–Trinajstić information content (AvgIpc) is 2.26. The molecule has 0 radical (unpaired) electrons. The molecule has 0 aliphatic heterocycles. The van der Waals surface area contributed by atoms with Crippen molar-refractivity contribution < 1.29 is 4.79 Å². The van der Waals surface area contributed by atoms with Crippen LogP contribution in [0.25, 0.3) is 0 Å². The summed E-state index contributed by atoms with van der Waals surface area (Å²) in [7, 11) is 0. The summed E-state index contributed by atoms with van der Waals surface area (Å²) in [6.07, 6.45) is 0.892. The topological polar surface area (TPSA) is 29.1 Å². The first-order valence-electron chi connectivity index (χ1n) is 5.65. The van der Waals surface area contributed by atoms with Crippen molar-refractivity contribution in [1.82, 2.24) is 5.32 Å². The predicted molar refractivity (Wildman–Crippen MR) is 73.0 cm³/mol. The Morgan fingerprint density at radius 2 is 2.18 bits per heavy atom. The molecular formula is C13H17Cl2NO. The van der Waals surface area contributed by atoms with Gasteiger partial charge >= 0.3 is 0 Å². The molecule has 0 saturated heterocycles. The van der Waals surface area contributed by atoms with E-state index in [0.29, 0.717) is 28.9 Å². The molecule has 0 bridgehead atoms. The van der Waals surface area contributed by atoms with E-state index in [1.165, 1.54) is 0 Å². The summed E-state index contributed by atoms with van der Waals surface area (Å²) in [5.41, 5.74) is 1.57. The van der Waals surface area contributed by atoms with Crippen LogP contribution in [-0.4, -0.2) is 18.3 Å². The lowest BCUT2D eigenvalue weighted by Crippen LogP contribution is -2.28. The third-order valence-corrected chi connectivity index (χ3v) is 3.11. The first kappa shape index (κ1) is 14.3. The number of halogens is 2. The molecule has 17 heavy (non-hydrogen) atoms. The standard InChI is InChI=1S/C13H17Cl2NO/c1-9-3-4-11(12(15)7-9)13(17)16-8-10(2)5-6-14/h3-4,7,10H,5-6,8H2,1-2H3,(H,16,17). The lowest BCUT2D eigenvalue weighted by Gasteiger charge is -2.11. The Hall–Kier alpha value is -0.730. The Bertz CT molecular complexity index is 393. The maximum absolute atomic E-state index is 11.9. The van der Waals surface area contributed by atoms with Gasteiger partial charge in [0, 0.05) is 12.4 Å². The molecular weight excluding hydrogens is 257 g/mol. The summed E-state index contributed by atoms with van der Waals surface area (Å²) in [5, 5.41) is 3.35. The van der Waals surface area contributed by atoms with Crippen molar-refractivity contribution in [1.29, 1.82) is 0 Å². The van der Waals surface area contributed by atoms with Crippen LogP contribution in [0.1, 0.15) is 29.3 Å². The molecule has 94 valence electrons. The van der Waals surface area contributed by atoms with Crippen LogP contribution < -0.4 is 5.32 Å². The van der Waals surface area contributed by atoms with Gasteiger partial charge in [0.1, 0.15) is 0 Å². The fraction of sp³-hybridized carbons (Fsp3) is 0.462. The normalized spacial score (nSPS) is 12.2. The highest BCUT2D eigenvalue weighted by atomic mass is 35.5. The zero-order valence-corrected chi connectivity index (χ0v) is 11.6. The first-order chi connectivity index (χ1) is 8.04. The van der Waals surface area contributed by atoms with Gasteiger partial charge in [0.05, 0.1) is 10.6 Å². The molecule has 0 aromatic heterocycles. The Morgan fingerprint density at radius 3 is 2.76 bits per heavy atom. The van der Waals surface area contributed by atoms with Gasteiger partial charge in [-0.05, 0) is 37.0 Å². The molecule has 0 saturated carbocycles. The van der Waals surface area contributed by atoms with Gasteiger partial charge in [-0.2, -0.15) is 0 Å². The van der Waals surface area contributed by atoms with Gasteiger partial charge in [-0.25, -0.2) is 0 Å². The van der Waals surface area contributed by atoms with Gasteiger partial charge in [0.25, 0.3) is 5.91 Å². The average molecular weight is 274 g/mol. The molecule has 1 rings (SSSR count). The molecule has 2 nitrogen and oxygen atoms in total. The van der Waals surface area contributed by atoms with Crippen LogP contribution in [0.4, 0.5) is 0 Å². The number of aryl methyl sites for hydroxylation is 1. The Labute approximate surface area is 112 Å². The lowest BCUT2D eigenvalue weighted by molar-refractivity contribution is 0.0948. The molecule has 0 fully saturated rings. The van der Waals surface area contributed by atoms with E-state index in [-0.39, 0.29) is 5.91 Å². The van der Waals surface area contributed by atoms with Crippen LogP contribution in [0.2, 0.25) is 5.02 Å². The smallest absolute Gasteiger partial charge is 0.252 e. The minimum Gasteiger partial charge on any atom is -0.352 e. The fourth-order valence-corrected chi connectivity index (χ4v) is 2.15. The largest absolute Gasteiger partial charge is 0.352 e. The Balaban J connectivity index is 2.58. The molecule has 4 heteroatoms. The van der Waals surface area contributed by atoms with E-state index in [0.717, 1.165) is 12.0 Å². The minimum absolute atomic E-state index is 0.128. The van der Waals surface area contributed by atoms with Crippen LogP contribution in [0, 0.1) is 12.8 Å². The number of carbonyl (C=O) groups is 1. The molecule has 1 aromatic rings. The molecule has 0 spiro atoms. The van der Waals surface area contributed by atoms with Crippen molar-refractivity contribution in [2.24, 2.45) is 5.92 Å². The second kappa shape index (κ2) is 6.87. The van der Waals surface area contributed by atoms with E-state index in [1.807, 2.05) is 13.0 Å². The number of hydrogen-bond donors (Lipinski definition) is 1. The van der Waals surface area contributed by atoms with E-state index in [9.17, 15) is 4.79 Å². The number of benzene rings is 1. The SMILES string of the molecule is Cc1ccc(C(=O)NCC(C)CCCl)c(Cl)c1. The minimum atomic E-state index is -0.128. The number of carbonyl (C=O) groups excluding carboxylic acids is 1. The molecule has 0 heterocycles. The number of nitrogens with one attached hydrogen (secondary N) is 1. The van der Waals surface area contributed by atoms with E-state index < -0.39 is 0 Å². The number of hydrogen-bond acceptors (Lipinski definition) is 1. The first-order valence-corrected chi connectivity index (χ1v) is 6.56. The van der Waals surface area contributed by atoms with Crippen LogP contribution in [-0.2, 0) is 0 Å². The third-order valence-electron chi connectivity index (χ3n) is 2.58. The fourth-order valence-electron chi connectivity index (χ4n) is 1.45. The van der Waals surface area contributed by atoms with Crippen LogP contribution in [0.15, 0.2) is 18.2 Å². The predicted octanol–water partition coefficient (Wildman–Crippen LogP) is 3.64. The van der Waals surface area contributed by atoms with Crippen molar-refractivity contribution in [3.8, 4) is 0 Å². The summed E-state index contributed by atoms with van der Waals surface area (Å²) < 4.78 is 0. The van der Waals surface area contributed by atoms with Gasteiger partial charge in [-0.15, -0.1) is 11.6 Å². The Morgan fingerprint density at radius 1 is 1.47 bits per heavy atom. The van der Waals surface area contributed by atoms with Crippen LogP contribution in [0.5, 0.6) is 0 Å². The zero-order chi connectivity index (χ0) is 12.8. The van der Waals surface area contributed by atoms with Crippen LogP contribution in [0.3, 0.4) is 0 Å². The van der Waals surface area contributed by atoms with Crippen molar-refractivity contribution in [2.75, 3.05) is 12.4 Å². The molecule has 0 aliphatic rings. The molecule has 1 aromatic carbocycles. The summed E-state index contributed by atoms with van der Waals surface area (Å²) in [6.45, 7) is 4.62. The maximum atomic E-state index is 11.9. The van der Waals surface area contributed by atoms with E-state index in [2.05, 4.69) is 12.2 Å². The van der Waals surface area contributed by atoms with Gasteiger partial charge in [0.2, 0.25) is 0 Å². The van der Waals surface area contributed by atoms with Crippen molar-refractivity contribution in [2.45, 2.75) is 20.3 Å². The molecule has 1 unspecified atom stereocenters. The number of rotatable bonds is 5. The highest BCUT2D eigenvalue weighted by molar-refractivity contribution is 6.33. The van der Waals surface area contributed by atoms with Crippen molar-refractivity contribution in [3.63, 3.8) is 0 Å². The summed E-state index contributed by atoms with van der Waals surface area (Å²) in [4.78, 5) is 11.9. The van der Waals surface area contributed by atoms with E-state index in [4.69, 9.17) is 23.2 Å². The Kier molecular flexibility index (Phi) is 5.79. The van der Waals surface area contributed by atoms with Gasteiger partial charge in [-0.3, -0.25) is 4.79 Å².